The van der Waals surface area contributed by atoms with E-state index in [2.05, 4.69) is 0 Å². The van der Waals surface area contributed by atoms with E-state index in [9.17, 15) is 9.59 Å². The molecule has 0 aliphatic carbocycles. The number of aryl methyl sites for hydroxylation is 1. The van der Waals surface area contributed by atoms with E-state index in [1.54, 1.807) is 31.2 Å². The van der Waals surface area contributed by atoms with Crippen LogP contribution in [-0.4, -0.2) is 16.9 Å². The number of carbonyl (C=O) groups excluding carboxylic acids is 1. The molecule has 0 saturated heterocycles. The average molecular weight is 206 g/mol. The van der Waals surface area contributed by atoms with Crippen LogP contribution in [0.15, 0.2) is 24.3 Å². The Balaban J connectivity index is 2.50. The smallest absolute Gasteiger partial charge is 0.335 e. The summed E-state index contributed by atoms with van der Waals surface area (Å²) >= 11 is 0. The van der Waals surface area contributed by atoms with Gasteiger partial charge in [-0.3, -0.25) is 0 Å². The Labute approximate surface area is 88.7 Å². The molecular weight excluding hydrogens is 192 g/mol. The highest BCUT2D eigenvalue weighted by Crippen LogP contribution is 2.08. The Morgan fingerprint density at radius 1 is 1.20 bits per heavy atom. The minimum Gasteiger partial charge on any atom is -0.478 e. The van der Waals surface area contributed by atoms with Crippen molar-refractivity contribution in [2.75, 3.05) is 0 Å². The van der Waals surface area contributed by atoms with Crippen molar-refractivity contribution < 1.29 is 14.7 Å². The molecule has 0 spiro atoms. The summed E-state index contributed by atoms with van der Waals surface area (Å²) in [4.78, 5) is 21.3. The van der Waals surface area contributed by atoms with Crippen LogP contribution in [0, 0.1) is 0 Å². The van der Waals surface area contributed by atoms with E-state index in [0.717, 1.165) is 18.4 Å². The molecule has 3 heteroatoms. The van der Waals surface area contributed by atoms with Crippen LogP contribution in [0.1, 0.15) is 35.7 Å². The fraction of sp³-hybridized carbons (Fsp3) is 0.333. The van der Waals surface area contributed by atoms with Crippen LogP contribution in [0.5, 0.6) is 0 Å². The van der Waals surface area contributed by atoms with Gasteiger partial charge in [0.2, 0.25) is 0 Å². The topological polar surface area (TPSA) is 54.4 Å². The summed E-state index contributed by atoms with van der Waals surface area (Å²) in [5, 5.41) is 8.68. The Kier molecular flexibility index (Phi) is 4.03. The van der Waals surface area contributed by atoms with Gasteiger partial charge in [-0.25, -0.2) is 4.79 Å². The molecule has 0 bridgehead atoms. The summed E-state index contributed by atoms with van der Waals surface area (Å²) in [6.07, 6.45) is 2.22. The van der Waals surface area contributed by atoms with Gasteiger partial charge in [-0.1, -0.05) is 12.1 Å². The van der Waals surface area contributed by atoms with Gasteiger partial charge in [0.25, 0.3) is 0 Å². The van der Waals surface area contributed by atoms with E-state index in [1.165, 1.54) is 0 Å². The van der Waals surface area contributed by atoms with E-state index in [-0.39, 0.29) is 5.78 Å². The van der Waals surface area contributed by atoms with E-state index in [4.69, 9.17) is 5.11 Å². The third-order valence-corrected chi connectivity index (χ3v) is 2.20. The second-order valence-corrected chi connectivity index (χ2v) is 3.56. The number of carboxylic acids is 1. The highest BCUT2D eigenvalue weighted by atomic mass is 16.4. The van der Waals surface area contributed by atoms with E-state index in [0.29, 0.717) is 12.0 Å². The predicted octanol–water partition coefficient (Wildman–Crippen LogP) is 2.30. The summed E-state index contributed by atoms with van der Waals surface area (Å²) in [6.45, 7) is 1.58. The standard InChI is InChI=1S/C12H14O3/c1-9(13)3-2-4-10-5-7-11(8-6-10)12(14)15/h5-8H,2-4H2,1H3,(H,14,15). The number of ketones is 1. The third kappa shape index (κ3) is 3.94. The highest BCUT2D eigenvalue weighted by molar-refractivity contribution is 5.87. The number of carboxylic acid groups (broad SMARTS) is 1. The van der Waals surface area contributed by atoms with Crippen LogP contribution < -0.4 is 0 Å². The normalized spacial score (nSPS) is 9.93. The van der Waals surface area contributed by atoms with Gasteiger partial charge in [0.15, 0.2) is 0 Å². The van der Waals surface area contributed by atoms with Crippen LogP contribution in [-0.2, 0) is 11.2 Å². The Hall–Kier alpha value is -1.64. The number of hydrogen-bond acceptors (Lipinski definition) is 2. The van der Waals surface area contributed by atoms with Crippen molar-refractivity contribution in [1.82, 2.24) is 0 Å². The van der Waals surface area contributed by atoms with Gasteiger partial charge in [0.05, 0.1) is 5.56 Å². The molecule has 1 aromatic rings. The van der Waals surface area contributed by atoms with Crippen LogP contribution in [0.3, 0.4) is 0 Å². The molecule has 0 unspecified atom stereocenters. The molecule has 80 valence electrons. The zero-order valence-electron chi connectivity index (χ0n) is 8.69. The maximum absolute atomic E-state index is 10.7. The van der Waals surface area contributed by atoms with Crippen molar-refractivity contribution in [2.24, 2.45) is 0 Å². The maximum atomic E-state index is 10.7. The number of carbonyl (C=O) groups is 2. The van der Waals surface area contributed by atoms with Gasteiger partial charge >= 0.3 is 5.97 Å². The first-order valence-electron chi connectivity index (χ1n) is 4.91. The zero-order valence-corrected chi connectivity index (χ0v) is 8.69. The minimum absolute atomic E-state index is 0.192. The fourth-order valence-corrected chi connectivity index (χ4v) is 1.36. The van der Waals surface area contributed by atoms with Crippen molar-refractivity contribution in [3.8, 4) is 0 Å². The number of hydrogen-bond donors (Lipinski definition) is 1. The fourth-order valence-electron chi connectivity index (χ4n) is 1.36. The largest absolute Gasteiger partial charge is 0.478 e. The molecule has 0 saturated carbocycles. The first kappa shape index (κ1) is 11.4. The molecule has 1 N–H and O–H groups in total. The lowest BCUT2D eigenvalue weighted by Crippen LogP contribution is -1.97. The molecule has 1 rings (SSSR count). The Bertz CT molecular complexity index is 352. The molecular formula is C12H14O3. The number of benzene rings is 1. The lowest BCUT2D eigenvalue weighted by atomic mass is 10.1. The minimum atomic E-state index is -0.912. The lowest BCUT2D eigenvalue weighted by molar-refractivity contribution is -0.117. The second-order valence-electron chi connectivity index (χ2n) is 3.56. The Morgan fingerprint density at radius 2 is 1.80 bits per heavy atom. The summed E-state index contributed by atoms with van der Waals surface area (Å²) < 4.78 is 0. The second kappa shape index (κ2) is 5.29. The number of Topliss-reactive ketones (excluding diaryl/α,β-unsaturated/α-hetero) is 1. The number of rotatable bonds is 5. The number of aromatic carboxylic acids is 1. The quantitative estimate of drug-likeness (QED) is 0.804. The van der Waals surface area contributed by atoms with Crippen LogP contribution in [0.25, 0.3) is 0 Å². The summed E-state index contributed by atoms with van der Waals surface area (Å²) in [5.74, 6) is -0.720. The van der Waals surface area contributed by atoms with Crippen molar-refractivity contribution in [3.63, 3.8) is 0 Å². The molecule has 0 atom stereocenters. The Morgan fingerprint density at radius 3 is 2.27 bits per heavy atom. The van der Waals surface area contributed by atoms with Crippen LogP contribution >= 0.6 is 0 Å². The molecule has 0 aliphatic rings. The monoisotopic (exact) mass is 206 g/mol. The van der Waals surface area contributed by atoms with Gasteiger partial charge in [-0.05, 0) is 37.5 Å². The van der Waals surface area contributed by atoms with Gasteiger partial charge in [0, 0.05) is 6.42 Å². The summed E-state index contributed by atoms with van der Waals surface area (Å²) in [7, 11) is 0. The molecule has 0 fully saturated rings. The molecule has 0 amide bonds. The van der Waals surface area contributed by atoms with Crippen molar-refractivity contribution in [2.45, 2.75) is 26.2 Å². The lowest BCUT2D eigenvalue weighted by Gasteiger charge is -2.00. The van der Waals surface area contributed by atoms with Crippen LogP contribution in [0.4, 0.5) is 0 Å². The van der Waals surface area contributed by atoms with Gasteiger partial charge in [-0.2, -0.15) is 0 Å². The van der Waals surface area contributed by atoms with Gasteiger partial charge < -0.3 is 9.90 Å². The van der Waals surface area contributed by atoms with Crippen molar-refractivity contribution in [3.05, 3.63) is 35.4 Å². The third-order valence-electron chi connectivity index (χ3n) is 2.20. The highest BCUT2D eigenvalue weighted by Gasteiger charge is 2.01. The maximum Gasteiger partial charge on any atom is 0.335 e. The molecule has 0 aliphatic heterocycles. The molecule has 3 nitrogen and oxygen atoms in total. The first-order valence-corrected chi connectivity index (χ1v) is 4.91. The molecule has 1 aromatic carbocycles. The average Bonchev–Trinajstić information content (AvgIpc) is 2.18. The molecule has 0 radical (unpaired) electrons. The molecule has 0 heterocycles. The zero-order chi connectivity index (χ0) is 11.3. The van der Waals surface area contributed by atoms with E-state index >= 15 is 0 Å². The molecule has 15 heavy (non-hydrogen) atoms. The summed E-state index contributed by atoms with van der Waals surface area (Å²) in [6, 6.07) is 6.77. The summed E-state index contributed by atoms with van der Waals surface area (Å²) in [5.41, 5.74) is 1.37. The van der Waals surface area contributed by atoms with Crippen molar-refractivity contribution in [1.29, 1.82) is 0 Å². The van der Waals surface area contributed by atoms with E-state index < -0.39 is 5.97 Å². The SMILES string of the molecule is CC(=O)CCCc1ccc(C(=O)O)cc1. The van der Waals surface area contributed by atoms with Crippen molar-refractivity contribution >= 4 is 11.8 Å². The van der Waals surface area contributed by atoms with Gasteiger partial charge in [-0.15, -0.1) is 0 Å². The predicted molar refractivity (Wildman–Crippen MR) is 57.0 cm³/mol. The first-order chi connectivity index (χ1) is 7.09. The van der Waals surface area contributed by atoms with E-state index in [1.807, 2.05) is 0 Å². The molecule has 0 aromatic heterocycles. The van der Waals surface area contributed by atoms with Crippen LogP contribution in [0.2, 0.25) is 0 Å². The van der Waals surface area contributed by atoms with Gasteiger partial charge in [0.1, 0.15) is 5.78 Å².